The first-order chi connectivity index (χ1) is 14.5. The van der Waals surface area contributed by atoms with Gasteiger partial charge in [-0.1, -0.05) is 0 Å². The first-order valence-electron chi connectivity index (χ1n) is 9.59. The van der Waals surface area contributed by atoms with Crippen molar-refractivity contribution in [3.63, 3.8) is 0 Å². The molecule has 1 N–H and O–H groups in total. The van der Waals surface area contributed by atoms with Gasteiger partial charge in [-0.15, -0.1) is 0 Å². The molecule has 3 rings (SSSR count). The average molecular weight is 412 g/mol. The summed E-state index contributed by atoms with van der Waals surface area (Å²) in [5.74, 6) is 0.335. The smallest absolute Gasteiger partial charge is 0.261 e. The quantitative estimate of drug-likeness (QED) is 0.475. The highest BCUT2D eigenvalue weighted by molar-refractivity contribution is 6.22. The van der Waals surface area contributed by atoms with E-state index in [1.54, 1.807) is 44.6 Å². The van der Waals surface area contributed by atoms with Gasteiger partial charge in [-0.2, -0.15) is 0 Å². The fourth-order valence-corrected chi connectivity index (χ4v) is 3.11. The summed E-state index contributed by atoms with van der Waals surface area (Å²) in [5, 5.41) is 2.75. The lowest BCUT2D eigenvalue weighted by atomic mass is 10.1. The van der Waals surface area contributed by atoms with E-state index in [9.17, 15) is 14.4 Å². The molecule has 1 heterocycles. The minimum Gasteiger partial charge on any atom is -0.497 e. The van der Waals surface area contributed by atoms with Crippen LogP contribution in [-0.2, 0) is 4.74 Å². The van der Waals surface area contributed by atoms with Crippen LogP contribution in [0.5, 0.6) is 11.5 Å². The monoisotopic (exact) mass is 412 g/mol. The Bertz CT molecular complexity index is 926. The van der Waals surface area contributed by atoms with Crippen molar-refractivity contribution in [1.82, 2.24) is 10.2 Å². The van der Waals surface area contributed by atoms with Crippen molar-refractivity contribution in [2.24, 2.45) is 0 Å². The van der Waals surface area contributed by atoms with Crippen LogP contribution in [-0.4, -0.2) is 63.1 Å². The largest absolute Gasteiger partial charge is 0.497 e. The van der Waals surface area contributed by atoms with Gasteiger partial charge in [-0.25, -0.2) is 0 Å². The van der Waals surface area contributed by atoms with Gasteiger partial charge in [0.05, 0.1) is 24.8 Å². The van der Waals surface area contributed by atoms with Crippen molar-refractivity contribution in [3.05, 3.63) is 59.2 Å². The number of benzene rings is 2. The van der Waals surface area contributed by atoms with Crippen molar-refractivity contribution in [1.29, 1.82) is 0 Å². The van der Waals surface area contributed by atoms with Crippen molar-refractivity contribution in [3.8, 4) is 11.5 Å². The number of nitrogens with one attached hydrogen (secondary N) is 1. The average Bonchev–Trinajstić information content (AvgIpc) is 3.01. The summed E-state index contributed by atoms with van der Waals surface area (Å²) in [4.78, 5) is 38.5. The third-order valence-corrected chi connectivity index (χ3v) is 4.68. The van der Waals surface area contributed by atoms with Crippen molar-refractivity contribution >= 4 is 17.7 Å². The van der Waals surface area contributed by atoms with Crippen molar-refractivity contribution < 1.29 is 28.6 Å². The van der Waals surface area contributed by atoms with E-state index in [-0.39, 0.29) is 43.0 Å². The molecule has 8 nitrogen and oxygen atoms in total. The highest BCUT2D eigenvalue weighted by atomic mass is 16.5. The summed E-state index contributed by atoms with van der Waals surface area (Å²) in [6.45, 7) is 1.32. The Morgan fingerprint density at radius 2 is 1.63 bits per heavy atom. The van der Waals surface area contributed by atoms with Gasteiger partial charge in [0.1, 0.15) is 18.1 Å². The van der Waals surface area contributed by atoms with Crippen LogP contribution in [0.1, 0.15) is 37.5 Å². The number of ether oxygens (including phenoxy) is 3. The molecule has 0 saturated heterocycles. The van der Waals surface area contributed by atoms with E-state index < -0.39 is 0 Å². The molecule has 30 heavy (non-hydrogen) atoms. The molecule has 2 aromatic rings. The topological polar surface area (TPSA) is 94.2 Å². The van der Waals surface area contributed by atoms with E-state index in [1.807, 2.05) is 0 Å². The van der Waals surface area contributed by atoms with E-state index in [2.05, 4.69) is 5.32 Å². The van der Waals surface area contributed by atoms with Crippen LogP contribution in [0.25, 0.3) is 0 Å². The van der Waals surface area contributed by atoms with E-state index in [4.69, 9.17) is 14.2 Å². The molecule has 158 valence electrons. The van der Waals surface area contributed by atoms with Gasteiger partial charge < -0.3 is 19.5 Å². The molecule has 0 atom stereocenters. The van der Waals surface area contributed by atoms with Crippen molar-refractivity contribution in [2.45, 2.75) is 6.42 Å². The zero-order valence-electron chi connectivity index (χ0n) is 17.0. The summed E-state index contributed by atoms with van der Waals surface area (Å²) >= 11 is 0. The predicted molar refractivity (Wildman–Crippen MR) is 109 cm³/mol. The second-order valence-corrected chi connectivity index (χ2v) is 6.65. The zero-order valence-corrected chi connectivity index (χ0v) is 17.0. The molecule has 0 saturated carbocycles. The summed E-state index contributed by atoms with van der Waals surface area (Å²) < 4.78 is 15.6. The van der Waals surface area contributed by atoms with Crippen LogP contribution >= 0.6 is 0 Å². The number of hydrogen-bond donors (Lipinski definition) is 1. The highest BCUT2D eigenvalue weighted by Crippen LogP contribution is 2.24. The zero-order chi connectivity index (χ0) is 21.5. The van der Waals surface area contributed by atoms with Crippen LogP contribution in [0.3, 0.4) is 0 Å². The minimum atomic E-state index is -0.386. The van der Waals surface area contributed by atoms with Gasteiger partial charge >= 0.3 is 0 Å². The highest BCUT2D eigenvalue weighted by Gasteiger charge is 2.35. The summed E-state index contributed by atoms with van der Waals surface area (Å²) in [6.07, 6.45) is 0.559. The van der Waals surface area contributed by atoms with Crippen LogP contribution in [0, 0.1) is 0 Å². The summed E-state index contributed by atoms with van der Waals surface area (Å²) in [7, 11) is 3.15. The van der Waals surface area contributed by atoms with Gasteiger partial charge in [-0.3, -0.25) is 19.3 Å². The van der Waals surface area contributed by atoms with Crippen molar-refractivity contribution in [2.75, 3.05) is 40.5 Å². The second-order valence-electron chi connectivity index (χ2n) is 6.65. The van der Waals surface area contributed by atoms with E-state index in [0.717, 1.165) is 5.75 Å². The van der Waals surface area contributed by atoms with Crippen LogP contribution < -0.4 is 14.8 Å². The lowest BCUT2D eigenvalue weighted by molar-refractivity contribution is 0.0638. The Hall–Kier alpha value is -3.39. The van der Waals surface area contributed by atoms with Crippen LogP contribution in [0.2, 0.25) is 0 Å². The molecule has 0 spiro atoms. The molecule has 0 radical (unpaired) electrons. The third kappa shape index (κ3) is 4.77. The standard InChI is InChI=1S/C22H24N2O6/c1-28-12-3-11-24-21(26)18-9-4-15(14-19(18)22(24)27)20(25)23-10-13-30-17-7-5-16(29-2)6-8-17/h4-9,14H,3,10-13H2,1-2H3,(H,23,25). The Kier molecular flexibility index (Phi) is 7.03. The normalized spacial score (nSPS) is 12.7. The van der Waals surface area contributed by atoms with E-state index in [0.29, 0.717) is 29.9 Å². The van der Waals surface area contributed by atoms with Gasteiger partial charge in [0.25, 0.3) is 17.7 Å². The fraction of sp³-hybridized carbons (Fsp3) is 0.318. The SMILES string of the molecule is COCCCN1C(=O)c2ccc(C(=O)NCCOc3ccc(OC)cc3)cc2C1=O. The molecule has 2 aromatic carbocycles. The van der Waals surface area contributed by atoms with Crippen LogP contribution in [0.4, 0.5) is 0 Å². The molecule has 0 fully saturated rings. The molecule has 0 unspecified atom stereocenters. The molecule has 1 aliphatic rings. The Morgan fingerprint density at radius 3 is 2.33 bits per heavy atom. The number of methoxy groups -OCH3 is 2. The van der Waals surface area contributed by atoms with Gasteiger partial charge in [0.15, 0.2) is 0 Å². The maximum atomic E-state index is 12.5. The summed E-state index contributed by atoms with van der Waals surface area (Å²) in [6, 6.07) is 11.7. The predicted octanol–water partition coefficient (Wildman–Crippen LogP) is 2.14. The minimum absolute atomic E-state index is 0.250. The lowest BCUT2D eigenvalue weighted by Crippen LogP contribution is -2.31. The molecule has 8 heteroatoms. The van der Waals surface area contributed by atoms with E-state index in [1.165, 1.54) is 17.0 Å². The maximum Gasteiger partial charge on any atom is 0.261 e. The Morgan fingerprint density at radius 1 is 0.933 bits per heavy atom. The summed E-state index contributed by atoms with van der Waals surface area (Å²) in [5.41, 5.74) is 0.884. The number of nitrogens with zero attached hydrogens (tertiary/aromatic N) is 1. The molecule has 0 bridgehead atoms. The number of fused-ring (bicyclic) bond motifs is 1. The maximum absolute atomic E-state index is 12.5. The van der Waals surface area contributed by atoms with Gasteiger partial charge in [0.2, 0.25) is 0 Å². The number of imide groups is 1. The lowest BCUT2D eigenvalue weighted by Gasteiger charge is -2.12. The number of carbonyl (C=O) groups excluding carboxylic acids is 3. The number of amides is 3. The molecule has 0 aromatic heterocycles. The third-order valence-electron chi connectivity index (χ3n) is 4.68. The number of hydrogen-bond acceptors (Lipinski definition) is 6. The molecular formula is C22H24N2O6. The van der Waals surface area contributed by atoms with Gasteiger partial charge in [0, 0.05) is 25.8 Å². The first kappa shape index (κ1) is 21.3. The molecule has 1 aliphatic heterocycles. The Balaban J connectivity index is 1.54. The molecule has 3 amide bonds. The number of carbonyl (C=O) groups is 3. The van der Waals surface area contributed by atoms with Crippen LogP contribution in [0.15, 0.2) is 42.5 Å². The second kappa shape index (κ2) is 9.89. The molecule has 0 aliphatic carbocycles. The first-order valence-corrected chi connectivity index (χ1v) is 9.59. The fourth-order valence-electron chi connectivity index (χ4n) is 3.11. The number of rotatable bonds is 10. The Labute approximate surface area is 174 Å². The van der Waals surface area contributed by atoms with Gasteiger partial charge in [-0.05, 0) is 48.9 Å². The van der Waals surface area contributed by atoms with E-state index >= 15 is 0 Å². The molecular weight excluding hydrogens is 388 g/mol.